The van der Waals surface area contributed by atoms with E-state index in [0.29, 0.717) is 5.92 Å². The van der Waals surface area contributed by atoms with Crippen LogP contribution in [0.5, 0.6) is 0 Å². The Morgan fingerprint density at radius 2 is 1.74 bits per heavy atom. The van der Waals surface area contributed by atoms with Crippen LogP contribution in [0.25, 0.3) is 0 Å². The summed E-state index contributed by atoms with van der Waals surface area (Å²) in [6, 6.07) is 12.8. The molecule has 1 unspecified atom stereocenters. The molecule has 2 rings (SSSR count). The van der Waals surface area contributed by atoms with E-state index in [1.54, 1.807) is 0 Å². The Labute approximate surface area is 117 Å². The molecule has 102 valence electrons. The molecular weight excluding hydrogens is 232 g/mol. The molecule has 1 atom stereocenters. The molecule has 19 heavy (non-hydrogen) atoms. The highest BCUT2D eigenvalue weighted by Crippen LogP contribution is 2.33. The molecule has 0 saturated carbocycles. The smallest absolute Gasteiger partial charge is 0.0741 e. The average Bonchev–Trinajstić information content (AvgIpc) is 2.40. The van der Waals surface area contributed by atoms with Crippen LogP contribution in [0.3, 0.4) is 0 Å². The number of benzene rings is 1. The third kappa shape index (κ3) is 3.36. The van der Waals surface area contributed by atoms with Crippen molar-refractivity contribution in [3.8, 4) is 6.07 Å². The first-order chi connectivity index (χ1) is 9.02. The number of nitriles is 1. The van der Waals surface area contributed by atoms with Gasteiger partial charge in [0.05, 0.1) is 12.0 Å². The highest BCUT2D eigenvalue weighted by Gasteiger charge is 2.31. The lowest BCUT2D eigenvalue weighted by Crippen LogP contribution is -2.46. The van der Waals surface area contributed by atoms with E-state index in [9.17, 15) is 5.26 Å². The molecule has 2 heteroatoms. The lowest BCUT2D eigenvalue weighted by Gasteiger charge is -2.41. The summed E-state index contributed by atoms with van der Waals surface area (Å²) in [4.78, 5) is 2.53. The fourth-order valence-electron chi connectivity index (χ4n) is 3.02. The number of piperidine rings is 1. The molecule has 0 bridgehead atoms. The van der Waals surface area contributed by atoms with Gasteiger partial charge in [-0.25, -0.2) is 0 Å². The van der Waals surface area contributed by atoms with E-state index < -0.39 is 0 Å². The molecule has 0 aliphatic carbocycles. The molecule has 1 fully saturated rings. The number of rotatable bonds is 2. The van der Waals surface area contributed by atoms with E-state index in [1.807, 2.05) is 18.2 Å². The second kappa shape index (κ2) is 5.75. The van der Waals surface area contributed by atoms with Gasteiger partial charge in [0.15, 0.2) is 0 Å². The van der Waals surface area contributed by atoms with Crippen molar-refractivity contribution in [1.82, 2.24) is 4.90 Å². The summed E-state index contributed by atoms with van der Waals surface area (Å²) < 4.78 is 0. The number of hydrogen-bond donors (Lipinski definition) is 0. The molecule has 1 aliphatic rings. The summed E-state index contributed by atoms with van der Waals surface area (Å²) in [6.45, 7) is 9.03. The monoisotopic (exact) mass is 256 g/mol. The van der Waals surface area contributed by atoms with Crippen LogP contribution < -0.4 is 0 Å². The maximum Gasteiger partial charge on any atom is 0.0741 e. The minimum atomic E-state index is 0.0586. The van der Waals surface area contributed by atoms with Gasteiger partial charge < -0.3 is 0 Å². The zero-order chi connectivity index (χ0) is 13.9. The molecule has 1 aromatic carbocycles. The average molecular weight is 256 g/mol. The predicted molar refractivity (Wildman–Crippen MR) is 78.8 cm³/mol. The quantitative estimate of drug-likeness (QED) is 0.804. The second-order valence-electron chi connectivity index (χ2n) is 6.51. The van der Waals surface area contributed by atoms with Crippen molar-refractivity contribution in [3.63, 3.8) is 0 Å². The van der Waals surface area contributed by atoms with Gasteiger partial charge in [0, 0.05) is 5.54 Å². The summed E-state index contributed by atoms with van der Waals surface area (Å²) in [5, 5.41) is 9.49. The molecule has 1 aromatic rings. The van der Waals surface area contributed by atoms with E-state index in [1.165, 1.54) is 5.56 Å². The van der Waals surface area contributed by atoms with Crippen LogP contribution in [0, 0.1) is 17.2 Å². The molecule has 0 radical (unpaired) electrons. The molecule has 0 spiro atoms. The molecule has 2 nitrogen and oxygen atoms in total. The summed E-state index contributed by atoms with van der Waals surface area (Å²) in [5.74, 6) is 0.564. The largest absolute Gasteiger partial charge is 0.298 e. The van der Waals surface area contributed by atoms with Crippen molar-refractivity contribution in [2.24, 2.45) is 5.92 Å². The summed E-state index contributed by atoms with van der Waals surface area (Å²) in [7, 11) is 0. The zero-order valence-electron chi connectivity index (χ0n) is 12.3. The third-order valence-corrected chi connectivity index (χ3v) is 4.26. The van der Waals surface area contributed by atoms with Crippen molar-refractivity contribution < 1.29 is 0 Å². The minimum absolute atomic E-state index is 0.0586. The van der Waals surface area contributed by atoms with Gasteiger partial charge in [-0.3, -0.25) is 4.90 Å². The van der Waals surface area contributed by atoms with Crippen LogP contribution in [0.2, 0.25) is 0 Å². The Bertz CT molecular complexity index is 431. The van der Waals surface area contributed by atoms with Crippen molar-refractivity contribution in [2.75, 3.05) is 13.1 Å². The minimum Gasteiger partial charge on any atom is -0.298 e. The molecule has 1 heterocycles. The van der Waals surface area contributed by atoms with Crippen LogP contribution >= 0.6 is 0 Å². The lowest BCUT2D eigenvalue weighted by molar-refractivity contribution is 0.0846. The van der Waals surface area contributed by atoms with Crippen LogP contribution in [0.4, 0.5) is 0 Å². The van der Waals surface area contributed by atoms with Gasteiger partial charge in [-0.05, 0) is 58.2 Å². The Kier molecular flexibility index (Phi) is 4.27. The van der Waals surface area contributed by atoms with Gasteiger partial charge in [0.1, 0.15) is 0 Å². The van der Waals surface area contributed by atoms with Gasteiger partial charge in [0.2, 0.25) is 0 Å². The molecule has 1 aliphatic heterocycles. The van der Waals surface area contributed by atoms with E-state index in [0.717, 1.165) is 25.9 Å². The van der Waals surface area contributed by atoms with Gasteiger partial charge in [0.25, 0.3) is 0 Å². The van der Waals surface area contributed by atoms with E-state index >= 15 is 0 Å². The molecule has 0 aromatic heterocycles. The SMILES string of the molecule is CC(C)(C)N1CCC(C(C#N)c2ccccc2)CC1. The topological polar surface area (TPSA) is 27.0 Å². The van der Waals surface area contributed by atoms with E-state index in [2.05, 4.69) is 43.9 Å². The highest BCUT2D eigenvalue weighted by atomic mass is 15.2. The first-order valence-corrected chi connectivity index (χ1v) is 7.22. The zero-order valence-corrected chi connectivity index (χ0v) is 12.3. The second-order valence-corrected chi connectivity index (χ2v) is 6.51. The summed E-state index contributed by atoms with van der Waals surface area (Å²) >= 11 is 0. The lowest BCUT2D eigenvalue weighted by atomic mass is 9.80. The van der Waals surface area contributed by atoms with Crippen LogP contribution in [0.1, 0.15) is 45.1 Å². The van der Waals surface area contributed by atoms with Crippen molar-refractivity contribution in [1.29, 1.82) is 5.26 Å². The number of likely N-dealkylation sites (tertiary alicyclic amines) is 1. The first-order valence-electron chi connectivity index (χ1n) is 7.22. The maximum absolute atomic E-state index is 9.49. The molecular formula is C17H24N2. The first kappa shape index (κ1) is 14.1. The van der Waals surface area contributed by atoms with E-state index in [4.69, 9.17) is 0 Å². The fourth-order valence-corrected chi connectivity index (χ4v) is 3.02. The van der Waals surface area contributed by atoms with Crippen molar-refractivity contribution in [2.45, 2.75) is 45.1 Å². The Balaban J connectivity index is 2.03. The predicted octanol–water partition coefficient (Wildman–Crippen LogP) is 3.80. The fraction of sp³-hybridized carbons (Fsp3) is 0.588. The van der Waals surface area contributed by atoms with Crippen LogP contribution in [-0.4, -0.2) is 23.5 Å². The Hall–Kier alpha value is -1.33. The standard InChI is InChI=1S/C17H24N2/c1-17(2,3)19-11-9-15(10-12-19)16(13-18)14-7-5-4-6-8-14/h4-8,15-16H,9-12H2,1-3H3. The van der Waals surface area contributed by atoms with Gasteiger partial charge in [-0.15, -0.1) is 0 Å². The Morgan fingerprint density at radius 3 is 2.21 bits per heavy atom. The van der Waals surface area contributed by atoms with Crippen molar-refractivity contribution in [3.05, 3.63) is 35.9 Å². The molecule has 1 saturated heterocycles. The van der Waals surface area contributed by atoms with Gasteiger partial charge in [-0.2, -0.15) is 5.26 Å². The molecule has 0 amide bonds. The summed E-state index contributed by atoms with van der Waals surface area (Å²) in [6.07, 6.45) is 2.26. The summed E-state index contributed by atoms with van der Waals surface area (Å²) in [5.41, 5.74) is 1.43. The number of hydrogen-bond acceptors (Lipinski definition) is 2. The van der Waals surface area contributed by atoms with Gasteiger partial charge in [-0.1, -0.05) is 30.3 Å². The van der Waals surface area contributed by atoms with Crippen molar-refractivity contribution >= 4 is 0 Å². The third-order valence-electron chi connectivity index (χ3n) is 4.26. The van der Waals surface area contributed by atoms with Crippen LogP contribution in [-0.2, 0) is 0 Å². The normalized spacial score (nSPS) is 19.9. The molecule has 0 N–H and O–H groups in total. The highest BCUT2D eigenvalue weighted by molar-refractivity contribution is 5.25. The van der Waals surface area contributed by atoms with Gasteiger partial charge >= 0.3 is 0 Å². The maximum atomic E-state index is 9.49. The van der Waals surface area contributed by atoms with Crippen LogP contribution in [0.15, 0.2) is 30.3 Å². The Morgan fingerprint density at radius 1 is 1.16 bits per heavy atom. The van der Waals surface area contributed by atoms with E-state index in [-0.39, 0.29) is 11.5 Å². The number of nitrogens with zero attached hydrogens (tertiary/aromatic N) is 2.